The quantitative estimate of drug-likeness (QED) is 0.800. The lowest BCUT2D eigenvalue weighted by Crippen LogP contribution is -2.41. The summed E-state index contributed by atoms with van der Waals surface area (Å²) in [5, 5.41) is 5.07. The lowest BCUT2D eigenvalue weighted by molar-refractivity contribution is -0.135. The fourth-order valence-electron chi connectivity index (χ4n) is 2.20. The molecule has 0 aliphatic heterocycles. The van der Waals surface area contributed by atoms with Gasteiger partial charge in [0.15, 0.2) is 0 Å². The van der Waals surface area contributed by atoms with Gasteiger partial charge in [0.05, 0.1) is 5.69 Å². The fraction of sp³-hybridized carbons (Fsp3) is 0.263. The number of rotatable bonds is 5. The van der Waals surface area contributed by atoms with Crippen LogP contribution in [0.15, 0.2) is 42.5 Å². The predicted octanol–water partition coefficient (Wildman–Crippen LogP) is 4.13. The number of nitrogens with one attached hydrogen (secondary N) is 2. The normalized spacial score (nSPS) is 11.1. The highest BCUT2D eigenvalue weighted by Gasteiger charge is 2.36. The van der Waals surface area contributed by atoms with Gasteiger partial charge in [0.2, 0.25) is 11.8 Å². The van der Waals surface area contributed by atoms with Crippen molar-refractivity contribution in [2.24, 2.45) is 5.41 Å². The minimum Gasteiger partial charge on any atom is -0.325 e. The molecule has 0 bridgehead atoms. The van der Waals surface area contributed by atoms with Gasteiger partial charge in [0, 0.05) is 11.8 Å². The summed E-state index contributed by atoms with van der Waals surface area (Å²) >= 11 is 0. The summed E-state index contributed by atoms with van der Waals surface area (Å²) in [6.45, 7) is 4.83. The monoisotopic (exact) mass is 346 g/mol. The van der Waals surface area contributed by atoms with Gasteiger partial charge < -0.3 is 10.6 Å². The van der Waals surface area contributed by atoms with Crippen molar-refractivity contribution < 1.29 is 18.4 Å². The minimum atomic E-state index is -1.46. The number of para-hydroxylation sites is 1. The number of carbonyl (C=O) groups excluding carboxylic acids is 2. The lowest BCUT2D eigenvalue weighted by atomic mass is 9.90. The van der Waals surface area contributed by atoms with Crippen LogP contribution in [-0.4, -0.2) is 11.8 Å². The van der Waals surface area contributed by atoms with E-state index < -0.39 is 28.9 Å². The maximum Gasteiger partial charge on any atom is 0.239 e. The molecule has 0 saturated carbocycles. The van der Waals surface area contributed by atoms with Crippen molar-refractivity contribution >= 4 is 23.2 Å². The molecular weight excluding hydrogens is 326 g/mol. The highest BCUT2D eigenvalue weighted by molar-refractivity contribution is 6.14. The Morgan fingerprint density at radius 3 is 2.16 bits per heavy atom. The summed E-state index contributed by atoms with van der Waals surface area (Å²) in [4.78, 5) is 25.0. The topological polar surface area (TPSA) is 58.2 Å². The third-order valence-electron chi connectivity index (χ3n) is 3.96. The average molecular weight is 346 g/mol. The number of hydrogen-bond acceptors (Lipinski definition) is 2. The molecule has 6 heteroatoms. The number of anilines is 2. The fourth-order valence-corrected chi connectivity index (χ4v) is 2.20. The number of amides is 2. The van der Waals surface area contributed by atoms with E-state index in [9.17, 15) is 18.4 Å². The van der Waals surface area contributed by atoms with Crippen molar-refractivity contribution in [3.8, 4) is 0 Å². The summed E-state index contributed by atoms with van der Waals surface area (Å²) in [6.07, 6.45) is 0.726. The Morgan fingerprint density at radius 2 is 1.56 bits per heavy atom. The molecule has 2 N–H and O–H groups in total. The van der Waals surface area contributed by atoms with Crippen LogP contribution < -0.4 is 10.6 Å². The van der Waals surface area contributed by atoms with Crippen molar-refractivity contribution in [2.75, 3.05) is 10.6 Å². The van der Waals surface area contributed by atoms with E-state index >= 15 is 0 Å². The van der Waals surface area contributed by atoms with E-state index in [1.54, 1.807) is 12.1 Å². The molecule has 2 aromatic rings. The van der Waals surface area contributed by atoms with Gasteiger partial charge in [0.25, 0.3) is 0 Å². The maximum atomic E-state index is 13.7. The first kappa shape index (κ1) is 18.6. The second-order valence-electron chi connectivity index (χ2n) is 6.17. The van der Waals surface area contributed by atoms with Crippen LogP contribution >= 0.6 is 0 Å². The van der Waals surface area contributed by atoms with Gasteiger partial charge in [-0.2, -0.15) is 0 Å². The van der Waals surface area contributed by atoms with E-state index in [-0.39, 0.29) is 5.69 Å². The Kier molecular flexibility index (Phi) is 5.51. The molecule has 132 valence electrons. The molecule has 4 nitrogen and oxygen atoms in total. The number of aryl methyl sites for hydroxylation is 1. The van der Waals surface area contributed by atoms with E-state index in [0.29, 0.717) is 11.8 Å². The molecule has 0 saturated heterocycles. The molecule has 0 heterocycles. The highest BCUT2D eigenvalue weighted by Crippen LogP contribution is 2.24. The van der Waals surface area contributed by atoms with Crippen LogP contribution in [0.25, 0.3) is 0 Å². The predicted molar refractivity (Wildman–Crippen MR) is 93.2 cm³/mol. The minimum absolute atomic E-state index is 0.179. The molecule has 0 radical (unpaired) electrons. The van der Waals surface area contributed by atoms with Crippen LogP contribution in [-0.2, 0) is 16.0 Å². The molecule has 2 aromatic carbocycles. The molecule has 0 atom stereocenters. The molecule has 0 aliphatic carbocycles. The molecule has 25 heavy (non-hydrogen) atoms. The third-order valence-corrected chi connectivity index (χ3v) is 3.96. The van der Waals surface area contributed by atoms with Gasteiger partial charge >= 0.3 is 0 Å². The van der Waals surface area contributed by atoms with Gasteiger partial charge in [-0.05, 0) is 44.0 Å². The van der Waals surface area contributed by atoms with E-state index in [2.05, 4.69) is 10.6 Å². The molecule has 0 aromatic heterocycles. The molecule has 0 aliphatic rings. The van der Waals surface area contributed by atoms with Crippen LogP contribution in [0.2, 0.25) is 0 Å². The van der Waals surface area contributed by atoms with Gasteiger partial charge in [-0.15, -0.1) is 0 Å². The van der Waals surface area contributed by atoms with Gasteiger partial charge in [-0.25, -0.2) is 8.78 Å². The average Bonchev–Trinajstić information content (AvgIpc) is 2.57. The van der Waals surface area contributed by atoms with Crippen LogP contribution in [0.3, 0.4) is 0 Å². The van der Waals surface area contributed by atoms with Crippen LogP contribution in [0, 0.1) is 17.0 Å². The van der Waals surface area contributed by atoms with E-state index in [1.807, 2.05) is 19.1 Å². The second-order valence-corrected chi connectivity index (χ2v) is 6.17. The second kappa shape index (κ2) is 7.42. The van der Waals surface area contributed by atoms with Gasteiger partial charge in [0.1, 0.15) is 17.0 Å². The van der Waals surface area contributed by atoms with Gasteiger partial charge in [-0.1, -0.05) is 25.1 Å². The molecule has 0 unspecified atom stereocenters. The number of halogens is 2. The number of carbonyl (C=O) groups is 2. The summed E-state index contributed by atoms with van der Waals surface area (Å²) in [7, 11) is 0. The smallest absolute Gasteiger partial charge is 0.239 e. The zero-order chi connectivity index (χ0) is 18.6. The van der Waals surface area contributed by atoms with Crippen molar-refractivity contribution in [1.82, 2.24) is 0 Å². The van der Waals surface area contributed by atoms with E-state index in [4.69, 9.17) is 0 Å². The Hall–Kier alpha value is -2.76. The maximum absolute atomic E-state index is 13.7. The molecule has 0 spiro atoms. The van der Waals surface area contributed by atoms with Crippen molar-refractivity contribution in [3.63, 3.8) is 0 Å². The summed E-state index contributed by atoms with van der Waals surface area (Å²) in [6, 6.07) is 10.1. The molecule has 2 rings (SSSR count). The summed E-state index contributed by atoms with van der Waals surface area (Å²) in [5.41, 5.74) is -0.0662. The van der Waals surface area contributed by atoms with Crippen molar-refractivity contribution in [2.45, 2.75) is 27.2 Å². The van der Waals surface area contributed by atoms with Crippen LogP contribution in [0.4, 0.5) is 20.2 Å². The highest BCUT2D eigenvalue weighted by atomic mass is 19.1. The van der Waals surface area contributed by atoms with Crippen molar-refractivity contribution in [1.29, 1.82) is 0 Å². The molecule has 0 fully saturated rings. The Bertz CT molecular complexity index is 804. The summed E-state index contributed by atoms with van der Waals surface area (Å²) in [5.74, 6) is -2.86. The van der Waals surface area contributed by atoms with E-state index in [1.165, 1.54) is 13.8 Å². The first-order valence-electron chi connectivity index (χ1n) is 7.91. The Balaban J connectivity index is 2.15. The first-order chi connectivity index (χ1) is 11.8. The standard InChI is InChI=1S/C19H20F2N2O2/c1-4-12-7-5-6-8-15(12)22-17(24)19(2,3)18(25)23-16-10-9-13(20)11-14(16)21/h5-11H,4H2,1-3H3,(H,22,24)(H,23,25). The zero-order valence-corrected chi connectivity index (χ0v) is 14.3. The van der Waals surface area contributed by atoms with Gasteiger partial charge in [-0.3, -0.25) is 9.59 Å². The Labute approximate surface area is 145 Å². The van der Waals surface area contributed by atoms with Crippen LogP contribution in [0.5, 0.6) is 0 Å². The van der Waals surface area contributed by atoms with Crippen molar-refractivity contribution in [3.05, 3.63) is 59.7 Å². The lowest BCUT2D eigenvalue weighted by Gasteiger charge is -2.23. The third kappa shape index (κ3) is 4.21. The summed E-state index contributed by atoms with van der Waals surface area (Å²) < 4.78 is 26.6. The molecular formula is C19H20F2N2O2. The van der Waals surface area contributed by atoms with E-state index in [0.717, 1.165) is 24.1 Å². The number of hydrogen-bond donors (Lipinski definition) is 2. The SMILES string of the molecule is CCc1ccccc1NC(=O)C(C)(C)C(=O)Nc1ccc(F)cc1F. The zero-order valence-electron chi connectivity index (χ0n) is 14.3. The largest absolute Gasteiger partial charge is 0.325 e. The molecule has 2 amide bonds. The van der Waals surface area contributed by atoms with Crippen LogP contribution in [0.1, 0.15) is 26.3 Å². The first-order valence-corrected chi connectivity index (χ1v) is 7.91. The number of benzene rings is 2. The Morgan fingerprint density at radius 1 is 0.960 bits per heavy atom.